The van der Waals surface area contributed by atoms with Gasteiger partial charge >= 0.3 is 0 Å². The molecule has 0 spiro atoms. The second-order valence-electron chi connectivity index (χ2n) is 6.05. The summed E-state index contributed by atoms with van der Waals surface area (Å²) in [7, 11) is -6.49. The van der Waals surface area contributed by atoms with E-state index in [1.54, 1.807) is 36.4 Å². The van der Waals surface area contributed by atoms with Gasteiger partial charge in [-0.1, -0.05) is 60.7 Å². The minimum Gasteiger partial charge on any atom is -0.388 e. The molecule has 2 rings (SSSR count). The maximum atomic E-state index is 12.8. The molecule has 0 aliphatic rings. The predicted molar refractivity (Wildman–Crippen MR) is 114 cm³/mol. The Bertz CT molecular complexity index is 913. The van der Waals surface area contributed by atoms with E-state index >= 15 is 0 Å². The minimum absolute atomic E-state index is 0.00982. The molecule has 0 heterocycles. The van der Waals surface area contributed by atoms with Crippen LogP contribution in [0.5, 0.6) is 0 Å². The topological polar surface area (TPSA) is 83.8 Å². The van der Waals surface area contributed by atoms with Crippen molar-refractivity contribution in [3.8, 4) is 0 Å². The third kappa shape index (κ3) is 8.30. The van der Waals surface area contributed by atoms with Crippen molar-refractivity contribution in [2.75, 3.05) is 11.5 Å². The molecule has 5 nitrogen and oxygen atoms in total. The van der Waals surface area contributed by atoms with Gasteiger partial charge in [-0.15, -0.1) is 0 Å². The van der Waals surface area contributed by atoms with Crippen LogP contribution in [0.2, 0.25) is 0 Å². The molecule has 0 aliphatic heterocycles. The van der Waals surface area contributed by atoms with Crippen molar-refractivity contribution < 1.29 is 22.3 Å². The third-order valence-electron chi connectivity index (χ3n) is 3.90. The molecule has 0 saturated heterocycles. The Morgan fingerprint density at radius 3 is 1.89 bits per heavy atom. The van der Waals surface area contributed by atoms with Crippen LogP contribution >= 0.6 is 0 Å². The van der Waals surface area contributed by atoms with E-state index in [2.05, 4.69) is 11.2 Å². The van der Waals surface area contributed by atoms with Crippen LogP contribution in [0, 0.1) is 0 Å². The lowest BCUT2D eigenvalue weighted by atomic mass is 10.1. The van der Waals surface area contributed by atoms with E-state index in [0.29, 0.717) is 11.1 Å². The van der Waals surface area contributed by atoms with Gasteiger partial charge < -0.3 is 9.66 Å². The van der Waals surface area contributed by atoms with Crippen molar-refractivity contribution in [2.45, 2.75) is 25.0 Å². The fourth-order valence-corrected chi connectivity index (χ4v) is 5.06. The zero-order chi connectivity index (χ0) is 19.9. The summed E-state index contributed by atoms with van der Waals surface area (Å²) in [5, 5.41) is 10.2. The molecule has 9 heteroatoms. The zero-order valence-electron chi connectivity index (χ0n) is 14.5. The molecule has 2 aromatic rings. The summed E-state index contributed by atoms with van der Waals surface area (Å²) in [5.41, 5.74) is 1.42. The molecule has 0 bridgehead atoms. The van der Waals surface area contributed by atoms with Crippen LogP contribution < -0.4 is 0 Å². The molecule has 0 amide bonds. The number of aliphatic hydroxyl groups excluding tert-OH is 1. The van der Waals surface area contributed by atoms with Gasteiger partial charge in [-0.2, -0.15) is 0 Å². The molecule has 2 N–H and O–H groups in total. The highest BCUT2D eigenvalue weighted by atomic mass is 32.8. The number of aliphatic hydroxyl groups is 1. The summed E-state index contributed by atoms with van der Waals surface area (Å²) in [4.78, 5) is 0. The number of hydrogen-bond donors (Lipinski definition) is 2. The van der Waals surface area contributed by atoms with Gasteiger partial charge in [0.25, 0.3) is 0 Å². The number of benzene rings is 2. The Morgan fingerprint density at radius 2 is 1.37 bits per heavy atom. The zero-order valence-corrected chi connectivity index (χ0v) is 17.8. The maximum Gasteiger partial charge on any atom is 0.144 e. The summed E-state index contributed by atoms with van der Waals surface area (Å²) in [5.74, 6) is -0.177. The molecule has 27 heavy (non-hydrogen) atoms. The van der Waals surface area contributed by atoms with Crippen LogP contribution in [-0.4, -0.2) is 29.6 Å². The smallest absolute Gasteiger partial charge is 0.144 e. The molecule has 2 unspecified atom stereocenters. The monoisotopic (exact) mass is 446 g/mol. The standard InChI is InChI=1S/C18H22O5S4/c19-17(15-7-3-1-4-8-15)11-14-27(22,25)23-18(12-13-26(20,21)24)16-9-5-2-6-10-16/h1-10,17-19H,11-14H2,(H,20,21,24)/t17?,18-,27+/m0/s1. The van der Waals surface area contributed by atoms with Crippen molar-refractivity contribution in [2.24, 2.45) is 0 Å². The van der Waals surface area contributed by atoms with Gasteiger partial charge in [0.15, 0.2) is 0 Å². The van der Waals surface area contributed by atoms with E-state index in [1.165, 1.54) is 0 Å². The molecule has 0 aliphatic carbocycles. The molecule has 2 aromatic carbocycles. The Kier molecular flexibility index (Phi) is 8.29. The van der Waals surface area contributed by atoms with E-state index in [9.17, 15) is 18.1 Å². The first-order chi connectivity index (χ1) is 12.7. The SMILES string of the molecule is O=S(O)(=S)CC[C@H](O[S@@](=O)(=S)CCC(O)c1ccccc1)c1ccccc1. The highest BCUT2D eigenvalue weighted by Crippen LogP contribution is 2.26. The molecule has 148 valence electrons. The van der Waals surface area contributed by atoms with Gasteiger partial charge in [-0.05, 0) is 24.0 Å². The summed E-state index contributed by atoms with van der Waals surface area (Å²) in [6.07, 6.45) is -1.19. The quantitative estimate of drug-likeness (QED) is 0.580. The van der Waals surface area contributed by atoms with Crippen LogP contribution in [0.15, 0.2) is 60.7 Å². The van der Waals surface area contributed by atoms with Gasteiger partial charge in [0.1, 0.15) is 23.6 Å². The van der Waals surface area contributed by atoms with E-state index in [0.717, 1.165) is 0 Å². The summed E-state index contributed by atoms with van der Waals surface area (Å²) < 4.78 is 39.2. The van der Waals surface area contributed by atoms with Crippen LogP contribution in [-0.2, 0) is 44.1 Å². The molecule has 4 atom stereocenters. The molecular weight excluding hydrogens is 424 g/mol. The molecular formula is C18H22O5S4. The van der Waals surface area contributed by atoms with Gasteiger partial charge in [-0.25, -0.2) is 8.42 Å². The molecule has 0 aromatic heterocycles. The van der Waals surface area contributed by atoms with Crippen molar-refractivity contribution in [1.29, 1.82) is 0 Å². The molecule has 0 saturated carbocycles. The van der Waals surface area contributed by atoms with E-state index in [4.69, 9.17) is 15.4 Å². The lowest BCUT2D eigenvalue weighted by Gasteiger charge is -2.20. The second-order valence-corrected chi connectivity index (χ2v) is 12.4. The van der Waals surface area contributed by atoms with Gasteiger partial charge in [0.2, 0.25) is 0 Å². The number of hydrogen-bond acceptors (Lipinski definition) is 6. The van der Waals surface area contributed by atoms with Crippen LogP contribution in [0.1, 0.15) is 36.2 Å². The molecule has 0 radical (unpaired) electrons. The first-order valence-electron chi connectivity index (χ1n) is 8.30. The largest absolute Gasteiger partial charge is 0.388 e. The van der Waals surface area contributed by atoms with E-state index in [-0.39, 0.29) is 24.3 Å². The average molecular weight is 447 g/mol. The fourth-order valence-electron chi connectivity index (χ4n) is 2.52. The molecule has 0 fully saturated rings. The van der Waals surface area contributed by atoms with Crippen molar-refractivity contribution in [1.82, 2.24) is 0 Å². The average Bonchev–Trinajstić information content (AvgIpc) is 2.64. The van der Waals surface area contributed by atoms with Crippen LogP contribution in [0.25, 0.3) is 0 Å². The normalized spacial score (nSPS) is 18.1. The summed E-state index contributed by atoms with van der Waals surface area (Å²) >= 11 is 9.66. The van der Waals surface area contributed by atoms with Crippen molar-refractivity contribution >= 4 is 39.9 Å². The third-order valence-corrected chi connectivity index (χ3v) is 7.15. The van der Waals surface area contributed by atoms with Gasteiger partial charge in [0, 0.05) is 22.4 Å². The van der Waals surface area contributed by atoms with E-state index in [1.807, 2.05) is 24.3 Å². The summed E-state index contributed by atoms with van der Waals surface area (Å²) in [6, 6.07) is 18.0. The van der Waals surface area contributed by atoms with Crippen molar-refractivity contribution in [3.63, 3.8) is 0 Å². The predicted octanol–water partition coefficient (Wildman–Crippen LogP) is 3.14. The van der Waals surface area contributed by atoms with Crippen LogP contribution in [0.4, 0.5) is 0 Å². The van der Waals surface area contributed by atoms with Crippen LogP contribution in [0.3, 0.4) is 0 Å². The highest BCUT2D eigenvalue weighted by molar-refractivity contribution is 8.30. The lowest BCUT2D eigenvalue weighted by Crippen LogP contribution is -2.18. The fraction of sp³-hybridized carbons (Fsp3) is 0.333. The Hall–Kier alpha value is -0.940. The summed E-state index contributed by atoms with van der Waals surface area (Å²) in [6.45, 7) is 0. The maximum absolute atomic E-state index is 12.8. The van der Waals surface area contributed by atoms with Gasteiger partial charge in [-0.3, -0.25) is 4.18 Å². The first kappa shape index (κ1) is 22.4. The lowest BCUT2D eigenvalue weighted by molar-refractivity contribution is 0.171. The first-order valence-corrected chi connectivity index (χ1v) is 13.5. The Labute approximate surface area is 170 Å². The Balaban J connectivity index is 2.05. The van der Waals surface area contributed by atoms with Crippen molar-refractivity contribution in [3.05, 3.63) is 71.8 Å². The highest BCUT2D eigenvalue weighted by Gasteiger charge is 2.21. The van der Waals surface area contributed by atoms with E-state index < -0.39 is 29.8 Å². The number of rotatable bonds is 10. The van der Waals surface area contributed by atoms with Gasteiger partial charge in [0.05, 0.1) is 17.6 Å². The second kappa shape index (κ2) is 10.0. The minimum atomic E-state index is -3.36. The Morgan fingerprint density at radius 1 is 0.852 bits per heavy atom.